The molecule has 0 radical (unpaired) electrons. The first-order chi connectivity index (χ1) is 6.03. The second-order valence-electron chi connectivity index (χ2n) is 4.52. The van der Waals surface area contributed by atoms with Gasteiger partial charge in [0, 0.05) is 0 Å². The van der Waals surface area contributed by atoms with E-state index < -0.39 is 12.0 Å². The second-order valence-corrected chi connectivity index (χ2v) is 4.52. The summed E-state index contributed by atoms with van der Waals surface area (Å²) in [7, 11) is 0. The predicted molar refractivity (Wildman–Crippen MR) is 58.7 cm³/mol. The number of carboxylic acid groups (broad SMARTS) is 1. The molecule has 0 saturated heterocycles. The fourth-order valence-electron chi connectivity index (χ4n) is 2.23. The van der Waals surface area contributed by atoms with Crippen LogP contribution in [0.5, 0.6) is 0 Å². The van der Waals surface area contributed by atoms with E-state index in [0.717, 1.165) is 12.8 Å². The molecule has 3 nitrogen and oxygen atoms in total. The van der Waals surface area contributed by atoms with Crippen molar-refractivity contribution in [3.8, 4) is 0 Å². The van der Waals surface area contributed by atoms with Crippen LogP contribution >= 0.6 is 12.4 Å². The molecule has 1 saturated carbocycles. The summed E-state index contributed by atoms with van der Waals surface area (Å²) in [6.45, 7) is 2.16. The first-order valence-corrected chi connectivity index (χ1v) is 5.02. The average Bonchev–Trinajstić information content (AvgIpc) is 2.04. The molecule has 1 aliphatic rings. The van der Waals surface area contributed by atoms with Gasteiger partial charge in [-0.2, -0.15) is 0 Å². The van der Waals surface area contributed by atoms with E-state index in [1.54, 1.807) is 0 Å². The molecule has 0 spiro atoms. The van der Waals surface area contributed by atoms with Crippen LogP contribution < -0.4 is 5.73 Å². The van der Waals surface area contributed by atoms with E-state index in [1.807, 2.05) is 0 Å². The van der Waals surface area contributed by atoms with Crippen LogP contribution in [0.25, 0.3) is 0 Å². The van der Waals surface area contributed by atoms with E-state index in [0.29, 0.717) is 6.42 Å². The summed E-state index contributed by atoms with van der Waals surface area (Å²) in [5.74, 6) is -0.869. The summed E-state index contributed by atoms with van der Waals surface area (Å²) < 4.78 is 0. The van der Waals surface area contributed by atoms with E-state index in [1.165, 1.54) is 19.3 Å². The third-order valence-electron chi connectivity index (χ3n) is 3.09. The monoisotopic (exact) mass is 221 g/mol. The van der Waals surface area contributed by atoms with Crippen molar-refractivity contribution in [2.45, 2.75) is 51.5 Å². The van der Waals surface area contributed by atoms with Crippen molar-refractivity contribution in [2.75, 3.05) is 0 Å². The van der Waals surface area contributed by atoms with Crippen molar-refractivity contribution in [1.29, 1.82) is 0 Å². The molecule has 0 heterocycles. The summed E-state index contributed by atoms with van der Waals surface area (Å²) in [6, 6.07) is -0.678. The lowest BCUT2D eigenvalue weighted by Gasteiger charge is -2.34. The van der Waals surface area contributed by atoms with Crippen molar-refractivity contribution in [3.05, 3.63) is 0 Å². The topological polar surface area (TPSA) is 63.3 Å². The highest BCUT2D eigenvalue weighted by molar-refractivity contribution is 5.85. The molecule has 1 aliphatic carbocycles. The Hall–Kier alpha value is -0.280. The van der Waals surface area contributed by atoms with Crippen molar-refractivity contribution in [1.82, 2.24) is 0 Å². The van der Waals surface area contributed by atoms with Crippen molar-refractivity contribution in [3.63, 3.8) is 0 Å². The Morgan fingerprint density at radius 2 is 1.93 bits per heavy atom. The summed E-state index contributed by atoms with van der Waals surface area (Å²) in [5, 5.41) is 8.70. The third kappa shape index (κ3) is 3.84. The fourth-order valence-corrected chi connectivity index (χ4v) is 2.23. The normalized spacial score (nSPS) is 22.1. The molecule has 84 valence electrons. The van der Waals surface area contributed by atoms with E-state index in [9.17, 15) is 4.79 Å². The zero-order chi connectivity index (χ0) is 9.90. The lowest BCUT2D eigenvalue weighted by Crippen LogP contribution is -2.37. The van der Waals surface area contributed by atoms with Gasteiger partial charge in [0.1, 0.15) is 6.04 Å². The highest BCUT2D eigenvalue weighted by Gasteiger charge is 2.30. The Balaban J connectivity index is 0.00000169. The van der Waals surface area contributed by atoms with E-state index in [-0.39, 0.29) is 17.8 Å². The lowest BCUT2D eigenvalue weighted by atomic mass is 9.72. The molecule has 0 aromatic rings. The smallest absolute Gasteiger partial charge is 0.320 e. The van der Waals surface area contributed by atoms with Crippen LogP contribution in [0.15, 0.2) is 0 Å². The molecule has 1 unspecified atom stereocenters. The predicted octanol–water partition coefficient (Wildman–Crippen LogP) is 2.18. The van der Waals surface area contributed by atoms with Crippen LogP contribution in [0.1, 0.15) is 45.4 Å². The summed E-state index contributed by atoms with van der Waals surface area (Å²) >= 11 is 0. The Labute approximate surface area is 91.5 Å². The van der Waals surface area contributed by atoms with Gasteiger partial charge in [0.25, 0.3) is 0 Å². The minimum atomic E-state index is -0.869. The Morgan fingerprint density at radius 1 is 1.43 bits per heavy atom. The maximum Gasteiger partial charge on any atom is 0.320 e. The number of carbonyl (C=O) groups is 1. The Morgan fingerprint density at radius 3 is 2.36 bits per heavy atom. The summed E-state index contributed by atoms with van der Waals surface area (Å²) in [4.78, 5) is 10.6. The summed E-state index contributed by atoms with van der Waals surface area (Å²) in [5.41, 5.74) is 5.71. The zero-order valence-electron chi connectivity index (χ0n) is 8.66. The molecular weight excluding hydrogens is 202 g/mol. The van der Waals surface area contributed by atoms with Crippen molar-refractivity contribution >= 4 is 18.4 Å². The number of hydrogen-bond acceptors (Lipinski definition) is 2. The molecule has 1 atom stereocenters. The van der Waals surface area contributed by atoms with E-state index in [2.05, 4.69) is 6.92 Å². The number of carboxylic acids is 1. The maximum atomic E-state index is 10.6. The number of hydrogen-bond donors (Lipinski definition) is 2. The molecular formula is C10H20ClNO2. The van der Waals surface area contributed by atoms with Crippen LogP contribution in [0.2, 0.25) is 0 Å². The van der Waals surface area contributed by atoms with Gasteiger partial charge in [-0.05, 0) is 24.7 Å². The van der Waals surface area contributed by atoms with E-state index >= 15 is 0 Å². The van der Waals surface area contributed by atoms with Crippen LogP contribution in [0.3, 0.4) is 0 Å². The molecule has 0 aromatic heterocycles. The van der Waals surface area contributed by atoms with Gasteiger partial charge in [-0.15, -0.1) is 12.4 Å². The van der Waals surface area contributed by atoms with Gasteiger partial charge >= 0.3 is 5.97 Å². The van der Waals surface area contributed by atoms with Gasteiger partial charge in [0.2, 0.25) is 0 Å². The van der Waals surface area contributed by atoms with Crippen molar-refractivity contribution < 1.29 is 9.90 Å². The van der Waals surface area contributed by atoms with Gasteiger partial charge in [-0.3, -0.25) is 4.79 Å². The number of nitrogens with two attached hydrogens (primary N) is 1. The third-order valence-corrected chi connectivity index (χ3v) is 3.09. The molecule has 14 heavy (non-hydrogen) atoms. The second kappa shape index (κ2) is 5.56. The molecule has 0 aromatic carbocycles. The maximum absolute atomic E-state index is 10.6. The van der Waals surface area contributed by atoms with Gasteiger partial charge < -0.3 is 10.8 Å². The summed E-state index contributed by atoms with van der Waals surface area (Å²) in [6.07, 6.45) is 6.63. The quantitative estimate of drug-likeness (QED) is 0.768. The molecule has 1 rings (SSSR count). The van der Waals surface area contributed by atoms with Crippen LogP contribution in [0.4, 0.5) is 0 Å². The highest BCUT2D eigenvalue weighted by Crippen LogP contribution is 2.39. The number of aliphatic carboxylic acids is 1. The van der Waals surface area contributed by atoms with Gasteiger partial charge in [-0.25, -0.2) is 0 Å². The molecule has 0 bridgehead atoms. The lowest BCUT2D eigenvalue weighted by molar-refractivity contribution is -0.139. The number of rotatable bonds is 3. The minimum absolute atomic E-state index is 0. The standard InChI is InChI=1S/C10H19NO2.ClH/c1-10(5-3-2-4-6-10)7-8(11)9(12)13;/h8H,2-7,11H2,1H3,(H,12,13);1H. The van der Waals surface area contributed by atoms with Gasteiger partial charge in [-0.1, -0.05) is 26.2 Å². The molecule has 0 amide bonds. The van der Waals surface area contributed by atoms with Crippen molar-refractivity contribution in [2.24, 2.45) is 11.1 Å². The van der Waals surface area contributed by atoms with Crippen LogP contribution in [0, 0.1) is 5.41 Å². The first kappa shape index (κ1) is 13.7. The Kier molecular flexibility index (Phi) is 5.45. The Bertz CT molecular complexity index is 191. The number of halogens is 1. The first-order valence-electron chi connectivity index (χ1n) is 5.02. The molecule has 4 heteroatoms. The molecule has 3 N–H and O–H groups in total. The van der Waals surface area contributed by atoms with Gasteiger partial charge in [0.05, 0.1) is 0 Å². The van der Waals surface area contributed by atoms with Crippen LogP contribution in [-0.4, -0.2) is 17.1 Å². The SMILES string of the molecule is CC1(CC(N)C(=O)O)CCCCC1.Cl. The average molecular weight is 222 g/mol. The van der Waals surface area contributed by atoms with Crippen LogP contribution in [-0.2, 0) is 4.79 Å². The van der Waals surface area contributed by atoms with Gasteiger partial charge in [0.15, 0.2) is 0 Å². The van der Waals surface area contributed by atoms with E-state index in [4.69, 9.17) is 10.8 Å². The minimum Gasteiger partial charge on any atom is -0.480 e. The highest BCUT2D eigenvalue weighted by atomic mass is 35.5. The fraction of sp³-hybridized carbons (Fsp3) is 0.900. The zero-order valence-corrected chi connectivity index (χ0v) is 9.48. The molecule has 0 aliphatic heterocycles. The largest absolute Gasteiger partial charge is 0.480 e. The molecule has 1 fully saturated rings.